The molecule has 1 aliphatic heterocycles. The molecule has 1 aromatic heterocycles. The van der Waals surface area contributed by atoms with Crippen molar-refractivity contribution in [2.45, 2.75) is 13.0 Å². The number of carbonyl (C=O) groups excluding carboxylic acids is 1. The van der Waals surface area contributed by atoms with Gasteiger partial charge in [-0.05, 0) is 25.1 Å². The second-order valence-corrected chi connectivity index (χ2v) is 5.32. The molecule has 0 saturated carbocycles. The number of nitrogens with zero attached hydrogens (tertiary/aromatic N) is 1. The number of ether oxygens (including phenoxy) is 2. The molecule has 1 N–H and O–H groups in total. The monoisotopic (exact) mass is 319 g/mol. The Morgan fingerprint density at radius 2 is 2.17 bits per heavy atom. The summed E-state index contributed by atoms with van der Waals surface area (Å²) in [7, 11) is 1.54. The maximum atomic E-state index is 12.9. The Balaban J connectivity index is 2.06. The van der Waals surface area contributed by atoms with Gasteiger partial charge in [-0.1, -0.05) is 0 Å². The molecule has 23 heavy (non-hydrogen) atoms. The van der Waals surface area contributed by atoms with E-state index in [0.717, 1.165) is 0 Å². The van der Waals surface area contributed by atoms with Gasteiger partial charge in [-0.25, -0.2) is 4.79 Å². The average Bonchev–Trinajstić information content (AvgIpc) is 2.88. The standard InChI is InChI=1S/C16H17NO6/c1-9-14(11-7-10(21-2)3-4-13(11)23-9)15(18)17-5-6-22-8-12(17)16(19)20/h3-4,7,12H,5-6,8H2,1-2H3,(H,19,20)/t12-/m1/s1. The third-order valence-corrected chi connectivity index (χ3v) is 3.96. The molecule has 1 atom stereocenters. The van der Waals surface area contributed by atoms with E-state index in [-0.39, 0.29) is 19.1 Å². The Bertz CT molecular complexity index is 765. The lowest BCUT2D eigenvalue weighted by Gasteiger charge is -2.32. The van der Waals surface area contributed by atoms with E-state index in [9.17, 15) is 14.7 Å². The number of carbonyl (C=O) groups is 2. The van der Waals surface area contributed by atoms with Crippen LogP contribution in [0.3, 0.4) is 0 Å². The highest BCUT2D eigenvalue weighted by Crippen LogP contribution is 2.30. The summed E-state index contributed by atoms with van der Waals surface area (Å²) in [6, 6.07) is 4.20. The minimum absolute atomic E-state index is 0.0147. The summed E-state index contributed by atoms with van der Waals surface area (Å²) in [4.78, 5) is 25.6. The van der Waals surface area contributed by atoms with Crippen molar-refractivity contribution in [3.05, 3.63) is 29.5 Å². The molecule has 0 bridgehead atoms. The van der Waals surface area contributed by atoms with Gasteiger partial charge >= 0.3 is 5.97 Å². The van der Waals surface area contributed by atoms with Crippen molar-refractivity contribution in [2.24, 2.45) is 0 Å². The Kier molecular flexibility index (Phi) is 3.96. The van der Waals surface area contributed by atoms with Gasteiger partial charge in [0.2, 0.25) is 0 Å². The summed E-state index contributed by atoms with van der Waals surface area (Å²) in [6.07, 6.45) is 0. The number of carboxylic acids is 1. The van der Waals surface area contributed by atoms with Crippen LogP contribution in [0.15, 0.2) is 22.6 Å². The third-order valence-electron chi connectivity index (χ3n) is 3.96. The largest absolute Gasteiger partial charge is 0.497 e. The topological polar surface area (TPSA) is 89.2 Å². The highest BCUT2D eigenvalue weighted by Gasteiger charge is 2.35. The molecule has 1 saturated heterocycles. The van der Waals surface area contributed by atoms with Crippen LogP contribution in [-0.2, 0) is 9.53 Å². The lowest BCUT2D eigenvalue weighted by Crippen LogP contribution is -2.52. The van der Waals surface area contributed by atoms with Crippen LogP contribution in [0.5, 0.6) is 5.75 Å². The quantitative estimate of drug-likeness (QED) is 0.926. The number of aliphatic carboxylic acids is 1. The number of rotatable bonds is 3. The highest BCUT2D eigenvalue weighted by molar-refractivity contribution is 6.08. The van der Waals surface area contributed by atoms with Gasteiger partial charge < -0.3 is 23.9 Å². The van der Waals surface area contributed by atoms with E-state index in [1.165, 1.54) is 12.0 Å². The second kappa shape index (κ2) is 5.92. The molecule has 1 fully saturated rings. The Morgan fingerprint density at radius 3 is 2.87 bits per heavy atom. The minimum Gasteiger partial charge on any atom is -0.497 e. The van der Waals surface area contributed by atoms with Crippen molar-refractivity contribution in [2.75, 3.05) is 26.9 Å². The number of hydrogen-bond acceptors (Lipinski definition) is 5. The van der Waals surface area contributed by atoms with Crippen LogP contribution in [0.25, 0.3) is 11.0 Å². The number of methoxy groups -OCH3 is 1. The maximum absolute atomic E-state index is 12.9. The molecule has 0 spiro atoms. The number of carboxylic acid groups (broad SMARTS) is 1. The van der Waals surface area contributed by atoms with Crippen LogP contribution in [-0.4, -0.2) is 54.8 Å². The minimum atomic E-state index is -1.08. The SMILES string of the molecule is COc1ccc2oc(C)c(C(=O)N3CCOC[C@@H]3C(=O)O)c2c1. The number of fused-ring (bicyclic) bond motifs is 1. The molecule has 7 nitrogen and oxygen atoms in total. The predicted molar refractivity (Wildman–Crippen MR) is 80.8 cm³/mol. The lowest BCUT2D eigenvalue weighted by molar-refractivity contribution is -0.147. The number of morpholine rings is 1. The smallest absolute Gasteiger partial charge is 0.328 e. The molecular weight excluding hydrogens is 302 g/mol. The van der Waals surface area contributed by atoms with E-state index in [1.54, 1.807) is 25.1 Å². The maximum Gasteiger partial charge on any atom is 0.328 e. The normalized spacial score (nSPS) is 18.2. The van der Waals surface area contributed by atoms with Crippen molar-refractivity contribution in [3.8, 4) is 5.75 Å². The van der Waals surface area contributed by atoms with Gasteiger partial charge in [0.05, 0.1) is 25.9 Å². The van der Waals surface area contributed by atoms with Crippen molar-refractivity contribution in [1.82, 2.24) is 4.90 Å². The zero-order valence-electron chi connectivity index (χ0n) is 12.9. The third kappa shape index (κ3) is 2.63. The fourth-order valence-corrected chi connectivity index (χ4v) is 2.79. The number of hydrogen-bond donors (Lipinski definition) is 1. The van der Waals surface area contributed by atoms with E-state index in [4.69, 9.17) is 13.9 Å². The lowest BCUT2D eigenvalue weighted by atomic mass is 10.1. The molecular formula is C16H17NO6. The Hall–Kier alpha value is -2.54. The second-order valence-electron chi connectivity index (χ2n) is 5.32. The molecule has 1 aromatic carbocycles. The predicted octanol–water partition coefficient (Wildman–Crippen LogP) is 1.68. The van der Waals surface area contributed by atoms with E-state index in [1.807, 2.05) is 0 Å². The first-order valence-electron chi connectivity index (χ1n) is 7.21. The first-order chi connectivity index (χ1) is 11.0. The van der Waals surface area contributed by atoms with Gasteiger partial charge in [-0.3, -0.25) is 4.79 Å². The van der Waals surface area contributed by atoms with Crippen LogP contribution in [0.4, 0.5) is 0 Å². The van der Waals surface area contributed by atoms with Gasteiger partial charge in [0.1, 0.15) is 17.1 Å². The summed E-state index contributed by atoms with van der Waals surface area (Å²) in [6.45, 7) is 2.22. The summed E-state index contributed by atoms with van der Waals surface area (Å²) < 4.78 is 16.0. The van der Waals surface area contributed by atoms with Crippen molar-refractivity contribution in [3.63, 3.8) is 0 Å². The van der Waals surface area contributed by atoms with E-state index >= 15 is 0 Å². The zero-order valence-corrected chi connectivity index (χ0v) is 12.9. The molecule has 2 heterocycles. The molecule has 0 radical (unpaired) electrons. The summed E-state index contributed by atoms with van der Waals surface area (Å²) in [5, 5.41) is 9.92. The summed E-state index contributed by atoms with van der Waals surface area (Å²) in [5.41, 5.74) is 0.929. The molecule has 3 rings (SSSR count). The average molecular weight is 319 g/mol. The molecule has 0 unspecified atom stereocenters. The van der Waals surface area contributed by atoms with Crippen LogP contribution in [0.2, 0.25) is 0 Å². The Morgan fingerprint density at radius 1 is 1.39 bits per heavy atom. The van der Waals surface area contributed by atoms with Gasteiger partial charge in [0.25, 0.3) is 5.91 Å². The molecule has 1 aliphatic rings. The van der Waals surface area contributed by atoms with Gasteiger partial charge in [-0.2, -0.15) is 0 Å². The van der Waals surface area contributed by atoms with Crippen molar-refractivity contribution < 1.29 is 28.6 Å². The number of amides is 1. The fourth-order valence-electron chi connectivity index (χ4n) is 2.79. The molecule has 1 amide bonds. The van der Waals surface area contributed by atoms with Crippen LogP contribution >= 0.6 is 0 Å². The number of aryl methyl sites for hydroxylation is 1. The van der Waals surface area contributed by atoms with Crippen LogP contribution in [0.1, 0.15) is 16.1 Å². The van der Waals surface area contributed by atoms with E-state index in [2.05, 4.69) is 0 Å². The van der Waals surface area contributed by atoms with Crippen LogP contribution in [0, 0.1) is 6.92 Å². The zero-order chi connectivity index (χ0) is 16.6. The summed E-state index contributed by atoms with van der Waals surface area (Å²) in [5.74, 6) is -0.399. The first kappa shape index (κ1) is 15.4. The van der Waals surface area contributed by atoms with Crippen LogP contribution < -0.4 is 4.74 Å². The van der Waals surface area contributed by atoms with Crippen molar-refractivity contribution in [1.29, 1.82) is 0 Å². The van der Waals surface area contributed by atoms with Gasteiger partial charge in [0, 0.05) is 11.9 Å². The van der Waals surface area contributed by atoms with Crippen molar-refractivity contribution >= 4 is 22.8 Å². The number of benzene rings is 1. The van der Waals surface area contributed by atoms with Gasteiger partial charge in [-0.15, -0.1) is 0 Å². The first-order valence-corrected chi connectivity index (χ1v) is 7.21. The fraction of sp³-hybridized carbons (Fsp3) is 0.375. The number of furan rings is 1. The summed E-state index contributed by atoms with van der Waals surface area (Å²) >= 11 is 0. The Labute approximate surface area is 132 Å². The molecule has 0 aliphatic carbocycles. The molecule has 122 valence electrons. The van der Waals surface area contributed by atoms with E-state index in [0.29, 0.717) is 34.6 Å². The van der Waals surface area contributed by atoms with E-state index < -0.39 is 12.0 Å². The molecule has 2 aromatic rings. The molecule has 7 heteroatoms. The highest BCUT2D eigenvalue weighted by atomic mass is 16.5. The van der Waals surface area contributed by atoms with Gasteiger partial charge in [0.15, 0.2) is 6.04 Å².